The Labute approximate surface area is 87.5 Å². The van der Waals surface area contributed by atoms with Crippen LogP contribution in [0.3, 0.4) is 0 Å². The number of nitrogens with zero attached hydrogens (tertiary/aromatic N) is 1. The molecule has 14 heavy (non-hydrogen) atoms. The van der Waals surface area contributed by atoms with Crippen LogP contribution in [0.5, 0.6) is 0 Å². The highest BCUT2D eigenvalue weighted by Crippen LogP contribution is 2.25. The summed E-state index contributed by atoms with van der Waals surface area (Å²) in [6.07, 6.45) is 0.960. The molecule has 78 valence electrons. The van der Waals surface area contributed by atoms with Crippen LogP contribution in [0.2, 0.25) is 0 Å². The molecule has 0 aliphatic carbocycles. The zero-order valence-electron chi connectivity index (χ0n) is 8.25. The number of rotatable bonds is 3. The molecule has 0 amide bonds. The number of hydrogen-bond acceptors (Lipinski definition) is 5. The van der Waals surface area contributed by atoms with E-state index in [1.54, 1.807) is 11.3 Å². The van der Waals surface area contributed by atoms with Crippen molar-refractivity contribution in [3.8, 4) is 0 Å². The lowest BCUT2D eigenvalue weighted by atomic mass is 10.00. The van der Waals surface area contributed by atoms with E-state index in [9.17, 15) is 0 Å². The molecular formula is C9H15N3OS. The van der Waals surface area contributed by atoms with Crippen molar-refractivity contribution in [2.75, 3.05) is 25.1 Å². The molecule has 0 aromatic carbocycles. The van der Waals surface area contributed by atoms with Crippen LogP contribution in [0.4, 0.5) is 5.13 Å². The Bertz CT molecular complexity index is 307. The van der Waals surface area contributed by atoms with Crippen molar-refractivity contribution in [1.29, 1.82) is 0 Å². The summed E-state index contributed by atoms with van der Waals surface area (Å²) in [4.78, 5) is 4.36. The molecule has 1 atom stereocenters. The van der Waals surface area contributed by atoms with Crippen molar-refractivity contribution in [3.05, 3.63) is 11.1 Å². The molecule has 1 aromatic rings. The van der Waals surface area contributed by atoms with Crippen molar-refractivity contribution in [3.63, 3.8) is 0 Å². The van der Waals surface area contributed by atoms with E-state index in [4.69, 9.17) is 10.5 Å². The van der Waals surface area contributed by atoms with Gasteiger partial charge >= 0.3 is 0 Å². The first-order valence-electron chi connectivity index (χ1n) is 4.72. The number of anilines is 1. The van der Waals surface area contributed by atoms with Crippen LogP contribution in [-0.4, -0.2) is 30.3 Å². The van der Waals surface area contributed by atoms with Gasteiger partial charge in [0.25, 0.3) is 0 Å². The number of aryl methyl sites for hydroxylation is 1. The van der Waals surface area contributed by atoms with Gasteiger partial charge in [0.1, 0.15) is 0 Å². The second kappa shape index (κ2) is 3.84. The van der Waals surface area contributed by atoms with Gasteiger partial charge in [0.15, 0.2) is 5.13 Å². The fraction of sp³-hybridized carbons (Fsp3) is 0.667. The zero-order valence-corrected chi connectivity index (χ0v) is 9.06. The van der Waals surface area contributed by atoms with Gasteiger partial charge in [0.05, 0.1) is 17.8 Å². The summed E-state index contributed by atoms with van der Waals surface area (Å²) in [5.41, 5.74) is 6.71. The normalized spacial score (nSPS) is 26.7. The van der Waals surface area contributed by atoms with Crippen molar-refractivity contribution >= 4 is 16.5 Å². The summed E-state index contributed by atoms with van der Waals surface area (Å²) in [6.45, 7) is 4.05. The van der Waals surface area contributed by atoms with E-state index in [2.05, 4.69) is 10.3 Å². The predicted molar refractivity (Wildman–Crippen MR) is 57.7 cm³/mol. The molecule has 1 aliphatic rings. The molecule has 0 spiro atoms. The minimum atomic E-state index is -0.0930. The van der Waals surface area contributed by atoms with Gasteiger partial charge in [-0.15, -0.1) is 11.3 Å². The third kappa shape index (κ3) is 1.89. The molecule has 0 saturated carbocycles. The first-order chi connectivity index (χ1) is 6.74. The first-order valence-corrected chi connectivity index (χ1v) is 5.60. The molecule has 2 heterocycles. The van der Waals surface area contributed by atoms with E-state index in [1.165, 1.54) is 0 Å². The molecule has 3 N–H and O–H groups in total. The van der Waals surface area contributed by atoms with Crippen LogP contribution < -0.4 is 11.1 Å². The summed E-state index contributed by atoms with van der Waals surface area (Å²) >= 11 is 1.62. The van der Waals surface area contributed by atoms with Crippen LogP contribution in [0.1, 0.15) is 12.1 Å². The number of nitrogens with two attached hydrogens (primary N) is 1. The lowest BCUT2D eigenvalue weighted by Crippen LogP contribution is -2.46. The standard InChI is InChI=1S/C9H15N3OS/c1-7-4-14-8(11-7)12-9(5-10)2-3-13-6-9/h4H,2-3,5-6,10H2,1H3,(H,11,12). The SMILES string of the molecule is Cc1csc(NC2(CN)CCOC2)n1. The number of nitrogens with one attached hydrogen (secondary N) is 1. The molecule has 1 aliphatic heterocycles. The highest BCUT2D eigenvalue weighted by Gasteiger charge is 2.34. The average Bonchev–Trinajstić information content (AvgIpc) is 2.77. The maximum atomic E-state index is 5.76. The van der Waals surface area contributed by atoms with Gasteiger partial charge in [-0.05, 0) is 13.3 Å². The predicted octanol–water partition coefficient (Wildman–Crippen LogP) is 0.981. The highest BCUT2D eigenvalue weighted by molar-refractivity contribution is 7.13. The molecule has 1 aromatic heterocycles. The molecule has 1 saturated heterocycles. The second-order valence-corrected chi connectivity index (χ2v) is 4.56. The summed E-state index contributed by atoms with van der Waals surface area (Å²) in [5, 5.41) is 6.36. The quantitative estimate of drug-likeness (QED) is 0.786. The Hall–Kier alpha value is -0.650. The largest absolute Gasteiger partial charge is 0.379 e. The summed E-state index contributed by atoms with van der Waals surface area (Å²) in [7, 11) is 0. The smallest absolute Gasteiger partial charge is 0.183 e. The molecule has 0 radical (unpaired) electrons. The van der Waals surface area contributed by atoms with Gasteiger partial charge in [-0.1, -0.05) is 0 Å². The Morgan fingerprint density at radius 3 is 3.14 bits per heavy atom. The van der Waals surface area contributed by atoms with Crippen molar-refractivity contribution in [1.82, 2.24) is 4.98 Å². The number of hydrogen-bond donors (Lipinski definition) is 2. The minimum absolute atomic E-state index is 0.0930. The number of ether oxygens (including phenoxy) is 1. The van der Waals surface area contributed by atoms with Crippen LogP contribution in [0.25, 0.3) is 0 Å². The molecule has 2 rings (SSSR count). The number of aromatic nitrogens is 1. The van der Waals surface area contributed by atoms with Gasteiger partial charge in [-0.3, -0.25) is 0 Å². The Kier molecular flexibility index (Phi) is 2.71. The van der Waals surface area contributed by atoms with Crippen molar-refractivity contribution in [2.24, 2.45) is 5.73 Å². The first kappa shape index (κ1) is 9.89. The summed E-state index contributed by atoms with van der Waals surface area (Å²) in [5.74, 6) is 0. The van der Waals surface area contributed by atoms with E-state index in [1.807, 2.05) is 12.3 Å². The zero-order chi connectivity index (χ0) is 10.0. The van der Waals surface area contributed by atoms with E-state index in [-0.39, 0.29) is 5.54 Å². The van der Waals surface area contributed by atoms with Crippen molar-refractivity contribution in [2.45, 2.75) is 18.9 Å². The van der Waals surface area contributed by atoms with E-state index >= 15 is 0 Å². The highest BCUT2D eigenvalue weighted by atomic mass is 32.1. The van der Waals surface area contributed by atoms with E-state index < -0.39 is 0 Å². The molecule has 5 heteroatoms. The Morgan fingerprint density at radius 1 is 1.79 bits per heavy atom. The molecule has 1 fully saturated rings. The maximum Gasteiger partial charge on any atom is 0.183 e. The summed E-state index contributed by atoms with van der Waals surface area (Å²) in [6, 6.07) is 0. The lowest BCUT2D eigenvalue weighted by Gasteiger charge is -2.26. The van der Waals surface area contributed by atoms with Crippen LogP contribution in [0.15, 0.2) is 5.38 Å². The molecule has 1 unspecified atom stereocenters. The number of thiazole rings is 1. The van der Waals surface area contributed by atoms with E-state index in [0.717, 1.165) is 23.9 Å². The average molecular weight is 213 g/mol. The molecule has 4 nitrogen and oxygen atoms in total. The Balaban J connectivity index is 2.08. The third-order valence-corrected chi connectivity index (χ3v) is 3.36. The fourth-order valence-electron chi connectivity index (χ4n) is 1.56. The van der Waals surface area contributed by atoms with Gasteiger partial charge < -0.3 is 15.8 Å². The van der Waals surface area contributed by atoms with Crippen LogP contribution in [-0.2, 0) is 4.74 Å². The topological polar surface area (TPSA) is 60.2 Å². The van der Waals surface area contributed by atoms with Gasteiger partial charge in [0, 0.05) is 18.5 Å². The fourth-order valence-corrected chi connectivity index (χ4v) is 2.36. The third-order valence-electron chi connectivity index (χ3n) is 2.49. The van der Waals surface area contributed by atoms with E-state index in [0.29, 0.717) is 13.2 Å². The van der Waals surface area contributed by atoms with Crippen molar-refractivity contribution < 1.29 is 4.74 Å². The van der Waals surface area contributed by atoms with Gasteiger partial charge in [-0.25, -0.2) is 4.98 Å². The van der Waals surface area contributed by atoms with Gasteiger partial charge in [0.2, 0.25) is 0 Å². The second-order valence-electron chi connectivity index (χ2n) is 3.71. The van der Waals surface area contributed by atoms with Gasteiger partial charge in [-0.2, -0.15) is 0 Å². The minimum Gasteiger partial charge on any atom is -0.379 e. The Morgan fingerprint density at radius 2 is 2.64 bits per heavy atom. The van der Waals surface area contributed by atoms with Crippen LogP contribution in [0, 0.1) is 6.92 Å². The molecule has 0 bridgehead atoms. The monoisotopic (exact) mass is 213 g/mol. The van der Waals surface area contributed by atoms with Crippen LogP contribution >= 0.6 is 11.3 Å². The molecular weight excluding hydrogens is 198 g/mol. The lowest BCUT2D eigenvalue weighted by molar-refractivity contribution is 0.183. The summed E-state index contributed by atoms with van der Waals surface area (Å²) < 4.78 is 5.36. The maximum absolute atomic E-state index is 5.76.